The molecule has 2 aliphatic heterocycles. The highest BCUT2D eigenvalue weighted by Gasteiger charge is 2.43. The van der Waals surface area contributed by atoms with E-state index in [0.717, 1.165) is 42.1 Å². The number of nitrogens with zero attached hydrogens (tertiary/aromatic N) is 4. The third kappa shape index (κ3) is 3.97. The molecule has 3 atom stereocenters. The van der Waals surface area contributed by atoms with E-state index < -0.39 is 0 Å². The van der Waals surface area contributed by atoms with E-state index in [-0.39, 0.29) is 30.8 Å². The average molecular weight is 424 g/mol. The fourth-order valence-electron chi connectivity index (χ4n) is 4.84. The molecular weight excluding hydrogens is 399 g/mol. The minimum absolute atomic E-state index is 0.127. The molecule has 162 valence electrons. The molecule has 2 unspecified atom stereocenters. The van der Waals surface area contributed by atoms with Gasteiger partial charge in [0.2, 0.25) is 0 Å². The number of anilines is 1. The molecule has 0 aliphatic carbocycles. The highest BCUT2D eigenvalue weighted by molar-refractivity contribution is 5.92. The van der Waals surface area contributed by atoms with E-state index in [0.29, 0.717) is 24.0 Å². The Morgan fingerprint density at radius 3 is 2.68 bits per heavy atom. The summed E-state index contributed by atoms with van der Waals surface area (Å²) in [6.45, 7) is 1.81. The fraction of sp³-hybridized carbons (Fsp3) is 0.455. The summed E-state index contributed by atoms with van der Waals surface area (Å²) in [6, 6.07) is 4.28. The van der Waals surface area contributed by atoms with Crippen LogP contribution in [0.25, 0.3) is 22.2 Å². The summed E-state index contributed by atoms with van der Waals surface area (Å²) in [6.07, 6.45) is 8.74. The summed E-state index contributed by atoms with van der Waals surface area (Å²) < 4.78 is 18.1. The van der Waals surface area contributed by atoms with Crippen molar-refractivity contribution in [2.45, 2.75) is 50.7 Å². The molecule has 3 aromatic rings. The number of amides is 2. The highest BCUT2D eigenvalue weighted by Crippen LogP contribution is 2.36. The predicted octanol–water partition coefficient (Wildman–Crippen LogP) is 3.68. The summed E-state index contributed by atoms with van der Waals surface area (Å²) in [4.78, 5) is 27.9. The average Bonchev–Trinajstić information content (AvgIpc) is 3.32. The first-order valence-electron chi connectivity index (χ1n) is 10.7. The van der Waals surface area contributed by atoms with Gasteiger partial charge in [-0.15, -0.1) is 0 Å². The number of aromatic nitrogens is 3. The lowest BCUT2D eigenvalue weighted by atomic mass is 9.97. The van der Waals surface area contributed by atoms with Crippen LogP contribution in [-0.4, -0.2) is 57.2 Å². The van der Waals surface area contributed by atoms with Gasteiger partial charge in [0.15, 0.2) is 11.7 Å². The number of oxazole rings is 1. The first kappa shape index (κ1) is 19.9. The van der Waals surface area contributed by atoms with Crippen LogP contribution in [0.1, 0.15) is 31.6 Å². The quantitative estimate of drug-likeness (QED) is 0.649. The minimum atomic E-state index is -0.365. The summed E-state index contributed by atoms with van der Waals surface area (Å²) in [5, 5.41) is 7.07. The van der Waals surface area contributed by atoms with E-state index >= 15 is 0 Å². The lowest BCUT2D eigenvalue weighted by Crippen LogP contribution is -2.53. The highest BCUT2D eigenvalue weighted by atomic mass is 19.1. The standard InChI is InChI=1S/C22H25FN6O2/c1-13-25-12-20(31-13)15-6-14-7-21(27-11-19(14)26-10-15)28-22(30)29-17-2-3-18(29)9-16(8-17)24-5-4-23/h6-7,10-12,16-18,24H,2-5,8-9H2,1H3,(H,27,28,30)/t16?,17-,18?/m0/s1. The Labute approximate surface area is 179 Å². The van der Waals surface area contributed by atoms with Crippen LogP contribution < -0.4 is 10.6 Å². The summed E-state index contributed by atoms with van der Waals surface area (Å²) in [5.41, 5.74) is 1.55. The van der Waals surface area contributed by atoms with Crippen LogP contribution in [0, 0.1) is 6.92 Å². The second-order valence-electron chi connectivity index (χ2n) is 8.26. The molecule has 0 spiro atoms. The number of hydrogen-bond donors (Lipinski definition) is 2. The number of nitrogens with one attached hydrogen (secondary N) is 2. The number of halogens is 1. The van der Waals surface area contributed by atoms with E-state index in [2.05, 4.69) is 25.6 Å². The van der Waals surface area contributed by atoms with Gasteiger partial charge in [-0.1, -0.05) is 0 Å². The zero-order valence-corrected chi connectivity index (χ0v) is 17.3. The number of piperidine rings is 1. The molecule has 0 aromatic carbocycles. The van der Waals surface area contributed by atoms with Crippen molar-refractivity contribution in [3.63, 3.8) is 0 Å². The lowest BCUT2D eigenvalue weighted by molar-refractivity contribution is 0.141. The number of pyridine rings is 2. The molecule has 2 saturated heterocycles. The van der Waals surface area contributed by atoms with Crippen LogP contribution >= 0.6 is 0 Å². The van der Waals surface area contributed by atoms with Crippen molar-refractivity contribution >= 4 is 22.8 Å². The number of urea groups is 1. The monoisotopic (exact) mass is 424 g/mol. The van der Waals surface area contributed by atoms with Gasteiger partial charge in [0.05, 0.1) is 17.9 Å². The van der Waals surface area contributed by atoms with E-state index in [1.54, 1.807) is 25.5 Å². The Morgan fingerprint density at radius 1 is 1.16 bits per heavy atom. The smallest absolute Gasteiger partial charge is 0.323 e. The van der Waals surface area contributed by atoms with Crippen molar-refractivity contribution in [3.05, 3.63) is 36.6 Å². The van der Waals surface area contributed by atoms with E-state index in [9.17, 15) is 9.18 Å². The van der Waals surface area contributed by atoms with Gasteiger partial charge < -0.3 is 14.6 Å². The normalized spacial score (nSPS) is 22.8. The second-order valence-corrected chi connectivity index (χ2v) is 8.26. The summed E-state index contributed by atoms with van der Waals surface area (Å²) in [5.74, 6) is 1.73. The molecule has 0 radical (unpaired) electrons. The third-order valence-electron chi connectivity index (χ3n) is 6.20. The van der Waals surface area contributed by atoms with Crippen molar-refractivity contribution in [3.8, 4) is 11.3 Å². The molecule has 2 fully saturated rings. The van der Waals surface area contributed by atoms with Gasteiger partial charge in [-0.2, -0.15) is 0 Å². The van der Waals surface area contributed by atoms with Crippen LogP contribution in [0.15, 0.2) is 35.1 Å². The van der Waals surface area contributed by atoms with Crippen LogP contribution in [0.5, 0.6) is 0 Å². The topological polar surface area (TPSA) is 96.2 Å². The number of fused-ring (bicyclic) bond motifs is 3. The number of alkyl halides is 1. The Morgan fingerprint density at radius 2 is 1.97 bits per heavy atom. The van der Waals surface area contributed by atoms with Gasteiger partial charge in [-0.25, -0.2) is 19.2 Å². The molecule has 0 saturated carbocycles. The van der Waals surface area contributed by atoms with Crippen LogP contribution in [0.2, 0.25) is 0 Å². The largest absolute Gasteiger partial charge is 0.441 e. The van der Waals surface area contributed by atoms with Crippen molar-refractivity contribution in [1.82, 2.24) is 25.2 Å². The molecule has 2 aliphatic rings. The lowest BCUT2D eigenvalue weighted by Gasteiger charge is -2.39. The van der Waals surface area contributed by atoms with Crippen molar-refractivity contribution in [2.24, 2.45) is 0 Å². The Hall–Kier alpha value is -3.07. The zero-order valence-electron chi connectivity index (χ0n) is 17.3. The van der Waals surface area contributed by atoms with E-state index in [1.807, 2.05) is 17.0 Å². The number of rotatable bonds is 5. The first-order valence-corrected chi connectivity index (χ1v) is 10.7. The molecule has 2 amide bonds. The predicted molar refractivity (Wildman–Crippen MR) is 114 cm³/mol. The van der Waals surface area contributed by atoms with Gasteiger partial charge in [0, 0.05) is 48.7 Å². The van der Waals surface area contributed by atoms with Gasteiger partial charge in [0.1, 0.15) is 12.5 Å². The Balaban J connectivity index is 1.31. The molecule has 2 bridgehead atoms. The molecule has 3 aromatic heterocycles. The molecule has 9 heteroatoms. The SMILES string of the molecule is Cc1ncc(-c2cnc3cnc(NC(=O)N4C5CC[C@H]4CC(NCCF)C5)cc3c2)o1. The van der Waals surface area contributed by atoms with Gasteiger partial charge >= 0.3 is 6.03 Å². The first-order chi connectivity index (χ1) is 15.1. The number of carbonyl (C=O) groups is 1. The molecule has 2 N–H and O–H groups in total. The van der Waals surface area contributed by atoms with Crippen LogP contribution in [-0.2, 0) is 0 Å². The van der Waals surface area contributed by atoms with Crippen molar-refractivity contribution in [2.75, 3.05) is 18.5 Å². The maximum Gasteiger partial charge on any atom is 0.323 e. The molecule has 31 heavy (non-hydrogen) atoms. The zero-order chi connectivity index (χ0) is 21.4. The Kier molecular flexibility index (Phi) is 5.27. The summed E-state index contributed by atoms with van der Waals surface area (Å²) in [7, 11) is 0. The minimum Gasteiger partial charge on any atom is -0.441 e. The van der Waals surface area contributed by atoms with Crippen molar-refractivity contribution < 1.29 is 13.6 Å². The fourth-order valence-corrected chi connectivity index (χ4v) is 4.84. The number of hydrogen-bond acceptors (Lipinski definition) is 6. The van der Waals surface area contributed by atoms with Crippen LogP contribution in [0.3, 0.4) is 0 Å². The van der Waals surface area contributed by atoms with Crippen LogP contribution in [0.4, 0.5) is 15.0 Å². The van der Waals surface area contributed by atoms with Gasteiger partial charge in [0.25, 0.3) is 0 Å². The van der Waals surface area contributed by atoms with Gasteiger partial charge in [-0.3, -0.25) is 10.3 Å². The maximum absolute atomic E-state index is 13.0. The Bertz CT molecular complexity index is 1090. The van der Waals surface area contributed by atoms with E-state index in [4.69, 9.17) is 4.42 Å². The maximum atomic E-state index is 13.0. The third-order valence-corrected chi connectivity index (χ3v) is 6.20. The van der Waals surface area contributed by atoms with Crippen molar-refractivity contribution in [1.29, 1.82) is 0 Å². The molecular formula is C22H25FN6O2. The molecule has 5 rings (SSSR count). The van der Waals surface area contributed by atoms with Gasteiger partial charge in [-0.05, 0) is 37.8 Å². The summed E-state index contributed by atoms with van der Waals surface area (Å²) >= 11 is 0. The molecule has 5 heterocycles. The molecule has 8 nitrogen and oxygen atoms in total. The second kappa shape index (κ2) is 8.22. The number of aryl methyl sites for hydroxylation is 1. The number of carbonyl (C=O) groups excluding carboxylic acids is 1. The van der Waals surface area contributed by atoms with E-state index in [1.165, 1.54) is 0 Å².